The maximum Gasteiger partial charge on any atom is 0.227 e. The van der Waals surface area contributed by atoms with Crippen molar-refractivity contribution in [2.75, 3.05) is 4.90 Å². The van der Waals surface area contributed by atoms with E-state index in [2.05, 4.69) is 29.2 Å². The topological polar surface area (TPSA) is 46.3 Å². The van der Waals surface area contributed by atoms with Crippen LogP contribution in [0.4, 0.5) is 5.69 Å². The Bertz CT molecular complexity index is 1030. The highest BCUT2D eigenvalue weighted by atomic mass is 16.3. The highest BCUT2D eigenvalue weighted by Gasteiger charge is 2.17. The minimum absolute atomic E-state index is 0.0718. The summed E-state index contributed by atoms with van der Waals surface area (Å²) in [5, 5.41) is 0. The van der Waals surface area contributed by atoms with Gasteiger partial charge in [-0.15, -0.1) is 0 Å². The molecule has 0 saturated carbocycles. The molecule has 2 aromatic carbocycles. The van der Waals surface area contributed by atoms with Crippen molar-refractivity contribution in [2.24, 2.45) is 0 Å². The second-order valence-electron chi connectivity index (χ2n) is 6.89. The highest BCUT2D eigenvalue weighted by Crippen LogP contribution is 2.25. The molecular formula is C25H22N2O2. The molecule has 0 radical (unpaired) electrons. The van der Waals surface area contributed by atoms with Crippen molar-refractivity contribution in [3.8, 4) is 11.1 Å². The molecule has 1 amide bonds. The van der Waals surface area contributed by atoms with Gasteiger partial charge in [-0.3, -0.25) is 9.78 Å². The van der Waals surface area contributed by atoms with Crippen LogP contribution in [0.25, 0.3) is 11.1 Å². The van der Waals surface area contributed by atoms with E-state index in [1.54, 1.807) is 18.7 Å². The van der Waals surface area contributed by atoms with Gasteiger partial charge in [-0.25, -0.2) is 0 Å². The highest BCUT2D eigenvalue weighted by molar-refractivity contribution is 5.93. The number of rotatable bonds is 7. The maximum atomic E-state index is 13.1. The van der Waals surface area contributed by atoms with E-state index in [0.717, 1.165) is 27.9 Å². The number of furan rings is 1. The quantitative estimate of drug-likeness (QED) is 0.423. The van der Waals surface area contributed by atoms with E-state index in [1.807, 2.05) is 59.6 Å². The van der Waals surface area contributed by atoms with Crippen molar-refractivity contribution in [2.45, 2.75) is 19.4 Å². The Labute approximate surface area is 170 Å². The van der Waals surface area contributed by atoms with Gasteiger partial charge < -0.3 is 9.32 Å². The number of anilines is 1. The van der Waals surface area contributed by atoms with E-state index in [0.29, 0.717) is 19.4 Å². The van der Waals surface area contributed by atoms with Crippen LogP contribution < -0.4 is 4.90 Å². The molecule has 4 heteroatoms. The minimum Gasteiger partial charge on any atom is -0.472 e. The predicted molar refractivity (Wildman–Crippen MR) is 114 cm³/mol. The Balaban J connectivity index is 1.54. The molecule has 144 valence electrons. The predicted octanol–water partition coefficient (Wildman–Crippen LogP) is 5.51. The summed E-state index contributed by atoms with van der Waals surface area (Å²) in [6, 6.07) is 24.1. The summed E-state index contributed by atoms with van der Waals surface area (Å²) in [6.45, 7) is 0.479. The Hall–Kier alpha value is -3.66. The van der Waals surface area contributed by atoms with Crippen molar-refractivity contribution in [3.63, 3.8) is 0 Å². The van der Waals surface area contributed by atoms with Gasteiger partial charge >= 0.3 is 0 Å². The third-order valence-electron chi connectivity index (χ3n) is 4.86. The van der Waals surface area contributed by atoms with Gasteiger partial charge in [-0.05, 0) is 47.4 Å². The van der Waals surface area contributed by atoms with Gasteiger partial charge in [-0.2, -0.15) is 0 Å². The Morgan fingerprint density at radius 2 is 1.66 bits per heavy atom. The zero-order chi connectivity index (χ0) is 19.9. The van der Waals surface area contributed by atoms with Crippen LogP contribution >= 0.6 is 0 Å². The molecule has 29 heavy (non-hydrogen) atoms. The fourth-order valence-electron chi connectivity index (χ4n) is 3.29. The van der Waals surface area contributed by atoms with E-state index in [1.165, 1.54) is 0 Å². The molecule has 4 nitrogen and oxygen atoms in total. The van der Waals surface area contributed by atoms with Crippen molar-refractivity contribution >= 4 is 11.6 Å². The summed E-state index contributed by atoms with van der Waals surface area (Å²) in [5.74, 6) is 0.0718. The summed E-state index contributed by atoms with van der Waals surface area (Å²) in [7, 11) is 0. The summed E-state index contributed by atoms with van der Waals surface area (Å²) in [6.07, 6.45) is 7.94. The van der Waals surface area contributed by atoms with E-state index in [9.17, 15) is 4.79 Å². The average molecular weight is 382 g/mol. The molecule has 0 unspecified atom stereocenters. The molecule has 0 saturated heterocycles. The lowest BCUT2D eigenvalue weighted by Gasteiger charge is -2.23. The van der Waals surface area contributed by atoms with Crippen molar-refractivity contribution in [3.05, 3.63) is 109 Å². The first-order chi connectivity index (χ1) is 14.3. The third kappa shape index (κ3) is 4.79. The molecule has 0 aliphatic heterocycles. The van der Waals surface area contributed by atoms with Crippen LogP contribution in [0.5, 0.6) is 0 Å². The lowest BCUT2D eigenvalue weighted by atomic mass is 10.0. The summed E-state index contributed by atoms with van der Waals surface area (Å²) < 4.78 is 5.19. The average Bonchev–Trinajstić information content (AvgIpc) is 3.31. The van der Waals surface area contributed by atoms with Crippen molar-refractivity contribution < 1.29 is 9.21 Å². The van der Waals surface area contributed by atoms with Crippen molar-refractivity contribution in [1.29, 1.82) is 0 Å². The van der Waals surface area contributed by atoms with Crippen LogP contribution in [0.3, 0.4) is 0 Å². The summed E-state index contributed by atoms with van der Waals surface area (Å²) >= 11 is 0. The molecule has 0 aliphatic carbocycles. The number of pyridine rings is 1. The lowest BCUT2D eigenvalue weighted by Crippen LogP contribution is -2.30. The summed E-state index contributed by atoms with van der Waals surface area (Å²) in [5.41, 5.74) is 5.18. The summed E-state index contributed by atoms with van der Waals surface area (Å²) in [4.78, 5) is 19.0. The van der Waals surface area contributed by atoms with Crippen LogP contribution in [-0.2, 0) is 17.8 Å². The van der Waals surface area contributed by atoms with Gasteiger partial charge in [-0.1, -0.05) is 48.5 Å². The number of benzene rings is 2. The molecular weight excluding hydrogens is 360 g/mol. The second kappa shape index (κ2) is 9.02. The molecule has 0 atom stereocenters. The molecule has 0 aliphatic rings. The minimum atomic E-state index is 0.0718. The molecule has 0 N–H and O–H groups in total. The Kier molecular flexibility index (Phi) is 5.81. The maximum absolute atomic E-state index is 13.1. The monoisotopic (exact) mass is 382 g/mol. The van der Waals surface area contributed by atoms with Crippen LogP contribution in [0.2, 0.25) is 0 Å². The SMILES string of the molecule is O=C(CCc1cccnc1)N(Cc1ccoc1)c1ccc(-c2ccccc2)cc1. The first kappa shape index (κ1) is 18.7. The lowest BCUT2D eigenvalue weighted by molar-refractivity contribution is -0.118. The van der Waals surface area contributed by atoms with Gasteiger partial charge in [0.15, 0.2) is 0 Å². The zero-order valence-electron chi connectivity index (χ0n) is 16.1. The Morgan fingerprint density at radius 1 is 0.862 bits per heavy atom. The molecule has 4 rings (SSSR count). The second-order valence-corrected chi connectivity index (χ2v) is 6.89. The molecule has 0 fully saturated rings. The number of carbonyl (C=O) groups is 1. The standard InChI is InChI=1S/C25H22N2O2/c28-25(13-8-20-5-4-15-26-17-20)27(18-21-14-16-29-19-21)24-11-9-23(10-12-24)22-6-2-1-3-7-22/h1-7,9-12,14-17,19H,8,13,18H2. The smallest absolute Gasteiger partial charge is 0.227 e. The largest absolute Gasteiger partial charge is 0.472 e. The van der Waals surface area contributed by atoms with E-state index in [-0.39, 0.29) is 5.91 Å². The first-order valence-corrected chi connectivity index (χ1v) is 9.65. The number of aromatic nitrogens is 1. The van der Waals surface area contributed by atoms with Gasteiger partial charge in [0.25, 0.3) is 0 Å². The molecule has 2 aromatic heterocycles. The fraction of sp³-hybridized carbons (Fsp3) is 0.120. The van der Waals surface area contributed by atoms with Gasteiger partial charge in [0, 0.05) is 30.1 Å². The van der Waals surface area contributed by atoms with E-state index in [4.69, 9.17) is 4.42 Å². The molecule has 0 bridgehead atoms. The number of amides is 1. The normalized spacial score (nSPS) is 10.6. The number of hydrogen-bond acceptors (Lipinski definition) is 3. The van der Waals surface area contributed by atoms with Gasteiger partial charge in [0.1, 0.15) is 0 Å². The first-order valence-electron chi connectivity index (χ1n) is 9.65. The third-order valence-corrected chi connectivity index (χ3v) is 4.86. The van der Waals surface area contributed by atoms with Crippen molar-refractivity contribution in [1.82, 2.24) is 4.98 Å². The van der Waals surface area contributed by atoms with E-state index >= 15 is 0 Å². The molecule has 0 spiro atoms. The Morgan fingerprint density at radius 3 is 2.34 bits per heavy atom. The van der Waals surface area contributed by atoms with Crippen LogP contribution in [0, 0.1) is 0 Å². The number of aryl methyl sites for hydroxylation is 1. The zero-order valence-corrected chi connectivity index (χ0v) is 16.1. The molecule has 2 heterocycles. The fourth-order valence-corrected chi connectivity index (χ4v) is 3.29. The number of hydrogen-bond donors (Lipinski definition) is 0. The number of carbonyl (C=O) groups excluding carboxylic acids is 1. The van der Waals surface area contributed by atoms with Gasteiger partial charge in [0.05, 0.1) is 19.1 Å². The number of nitrogens with zero attached hydrogens (tertiary/aromatic N) is 2. The van der Waals surface area contributed by atoms with Crippen LogP contribution in [0.1, 0.15) is 17.5 Å². The van der Waals surface area contributed by atoms with Crippen LogP contribution in [-0.4, -0.2) is 10.9 Å². The van der Waals surface area contributed by atoms with Crippen LogP contribution in [0.15, 0.2) is 102 Å². The van der Waals surface area contributed by atoms with Gasteiger partial charge in [0.2, 0.25) is 5.91 Å². The molecule has 4 aromatic rings. The van der Waals surface area contributed by atoms with E-state index < -0.39 is 0 Å².